The largest absolute Gasteiger partial charge is 0.473 e. The van der Waals surface area contributed by atoms with Gasteiger partial charge in [0.05, 0.1) is 5.69 Å². The Hall–Kier alpha value is -2.08. The Morgan fingerprint density at radius 2 is 2.10 bits per heavy atom. The summed E-state index contributed by atoms with van der Waals surface area (Å²) in [4.78, 5) is 17.1. The molecule has 0 bridgehead atoms. The van der Waals surface area contributed by atoms with Crippen LogP contribution in [0.4, 0.5) is 9.93 Å². The maximum atomic E-state index is 11.7. The lowest BCUT2D eigenvalue weighted by molar-refractivity contribution is 0.234. The fraction of sp³-hybridized carbons (Fsp3) is 0.333. The summed E-state index contributed by atoms with van der Waals surface area (Å²) >= 11 is 1.45. The van der Waals surface area contributed by atoms with Gasteiger partial charge in [0, 0.05) is 4.88 Å². The number of carbonyl (C=O) groups is 1. The van der Waals surface area contributed by atoms with Gasteiger partial charge >= 0.3 is 6.03 Å². The third-order valence-electron chi connectivity index (χ3n) is 3.06. The van der Waals surface area contributed by atoms with Crippen molar-refractivity contribution in [1.29, 1.82) is 0 Å². The van der Waals surface area contributed by atoms with E-state index in [4.69, 9.17) is 4.74 Å². The SMILES string of the molecule is CCc1ccccc1OCNC(=O)Nc1nc(C)c(C)s1. The van der Waals surface area contributed by atoms with Crippen molar-refractivity contribution in [1.82, 2.24) is 10.3 Å². The number of nitrogens with one attached hydrogen (secondary N) is 2. The van der Waals surface area contributed by atoms with E-state index in [1.165, 1.54) is 11.3 Å². The van der Waals surface area contributed by atoms with Gasteiger partial charge in [-0.2, -0.15) is 0 Å². The van der Waals surface area contributed by atoms with E-state index >= 15 is 0 Å². The summed E-state index contributed by atoms with van der Waals surface area (Å²) in [5.74, 6) is 0.793. The Morgan fingerprint density at radius 3 is 2.76 bits per heavy atom. The summed E-state index contributed by atoms with van der Waals surface area (Å²) in [5, 5.41) is 5.94. The van der Waals surface area contributed by atoms with Crippen molar-refractivity contribution in [2.75, 3.05) is 12.0 Å². The van der Waals surface area contributed by atoms with Crippen LogP contribution in [0.25, 0.3) is 0 Å². The van der Waals surface area contributed by atoms with E-state index < -0.39 is 0 Å². The maximum absolute atomic E-state index is 11.7. The first-order valence-corrected chi connectivity index (χ1v) is 7.61. The first-order valence-electron chi connectivity index (χ1n) is 6.79. The third-order valence-corrected chi connectivity index (χ3v) is 4.05. The number of ether oxygens (including phenoxy) is 1. The van der Waals surface area contributed by atoms with Crippen molar-refractivity contribution in [3.63, 3.8) is 0 Å². The van der Waals surface area contributed by atoms with Gasteiger partial charge in [0.1, 0.15) is 5.75 Å². The quantitative estimate of drug-likeness (QED) is 0.831. The number of nitrogens with zero attached hydrogens (tertiary/aromatic N) is 1. The molecule has 1 aromatic heterocycles. The molecule has 0 saturated carbocycles. The van der Waals surface area contributed by atoms with E-state index in [0.717, 1.165) is 28.3 Å². The second kappa shape index (κ2) is 7.08. The van der Waals surface area contributed by atoms with Crippen LogP contribution in [0.3, 0.4) is 0 Å². The standard InChI is InChI=1S/C15H19N3O2S/c1-4-12-7-5-6-8-13(12)20-9-16-14(19)18-15-17-10(2)11(3)21-15/h5-8H,4,9H2,1-3H3,(H2,16,17,18,19). The van der Waals surface area contributed by atoms with Gasteiger partial charge in [-0.1, -0.05) is 25.1 Å². The second-order valence-corrected chi connectivity index (χ2v) is 5.74. The molecule has 0 aliphatic heterocycles. The number of urea groups is 1. The summed E-state index contributed by atoms with van der Waals surface area (Å²) in [6.07, 6.45) is 0.889. The molecule has 2 aromatic rings. The summed E-state index contributed by atoms with van der Waals surface area (Å²) in [5.41, 5.74) is 2.05. The van der Waals surface area contributed by atoms with Crippen LogP contribution in [0.5, 0.6) is 5.75 Å². The molecule has 0 aliphatic carbocycles. The fourth-order valence-corrected chi connectivity index (χ4v) is 2.59. The summed E-state index contributed by atoms with van der Waals surface area (Å²) in [6.45, 7) is 6.07. The maximum Gasteiger partial charge on any atom is 0.323 e. The predicted molar refractivity (Wildman–Crippen MR) is 85.1 cm³/mol. The van der Waals surface area contributed by atoms with Crippen LogP contribution in [0.1, 0.15) is 23.1 Å². The van der Waals surface area contributed by atoms with E-state index in [1.54, 1.807) is 0 Å². The van der Waals surface area contributed by atoms with Crippen LogP contribution in [0, 0.1) is 13.8 Å². The first kappa shape index (κ1) is 15.3. The van der Waals surface area contributed by atoms with E-state index in [1.807, 2.05) is 38.1 Å². The molecule has 0 atom stereocenters. The molecule has 0 unspecified atom stereocenters. The Bertz CT molecular complexity index is 606. The highest BCUT2D eigenvalue weighted by molar-refractivity contribution is 7.15. The number of aromatic nitrogens is 1. The third kappa shape index (κ3) is 4.19. The molecule has 2 amide bonds. The van der Waals surface area contributed by atoms with Crippen molar-refractivity contribution in [3.05, 3.63) is 40.4 Å². The molecule has 6 heteroatoms. The van der Waals surface area contributed by atoms with Crippen LogP contribution in [-0.2, 0) is 6.42 Å². The zero-order chi connectivity index (χ0) is 15.2. The van der Waals surface area contributed by atoms with Crippen LogP contribution >= 0.6 is 11.3 Å². The van der Waals surface area contributed by atoms with Gasteiger partial charge in [-0.25, -0.2) is 9.78 Å². The first-order chi connectivity index (χ1) is 10.1. The molecule has 2 rings (SSSR count). The number of carbonyl (C=O) groups excluding carboxylic acids is 1. The fourth-order valence-electron chi connectivity index (χ4n) is 1.78. The minimum atomic E-state index is -0.322. The average molecular weight is 305 g/mol. The lowest BCUT2D eigenvalue weighted by atomic mass is 10.1. The number of amides is 2. The highest BCUT2D eigenvalue weighted by Gasteiger charge is 2.07. The molecular weight excluding hydrogens is 286 g/mol. The van der Waals surface area contributed by atoms with Gasteiger partial charge in [-0.05, 0) is 31.9 Å². The van der Waals surface area contributed by atoms with E-state index in [2.05, 4.69) is 22.5 Å². The lowest BCUT2D eigenvalue weighted by Crippen LogP contribution is -2.32. The number of rotatable bonds is 5. The number of aryl methyl sites for hydroxylation is 3. The molecule has 0 fully saturated rings. The predicted octanol–water partition coefficient (Wildman–Crippen LogP) is 3.48. The van der Waals surface area contributed by atoms with Gasteiger partial charge in [-0.15, -0.1) is 11.3 Å². The topological polar surface area (TPSA) is 63.2 Å². The molecule has 0 saturated heterocycles. The Morgan fingerprint density at radius 1 is 1.33 bits per heavy atom. The minimum absolute atomic E-state index is 0.117. The Labute approximate surface area is 128 Å². The van der Waals surface area contributed by atoms with Crippen molar-refractivity contribution in [3.8, 4) is 5.75 Å². The van der Waals surface area contributed by atoms with E-state index in [9.17, 15) is 4.79 Å². The van der Waals surface area contributed by atoms with Gasteiger partial charge < -0.3 is 10.1 Å². The molecule has 0 spiro atoms. The van der Waals surface area contributed by atoms with Crippen LogP contribution in [0.2, 0.25) is 0 Å². The average Bonchev–Trinajstić information content (AvgIpc) is 2.77. The minimum Gasteiger partial charge on any atom is -0.473 e. The molecule has 1 heterocycles. The number of thiazole rings is 1. The summed E-state index contributed by atoms with van der Waals surface area (Å²) < 4.78 is 5.58. The zero-order valence-electron chi connectivity index (χ0n) is 12.4. The van der Waals surface area contributed by atoms with Crippen molar-refractivity contribution in [2.45, 2.75) is 27.2 Å². The molecule has 5 nitrogen and oxygen atoms in total. The number of benzene rings is 1. The normalized spacial score (nSPS) is 10.2. The zero-order valence-corrected chi connectivity index (χ0v) is 13.2. The van der Waals surface area contributed by atoms with Crippen LogP contribution in [-0.4, -0.2) is 17.7 Å². The van der Waals surface area contributed by atoms with Gasteiger partial charge in [-0.3, -0.25) is 5.32 Å². The summed E-state index contributed by atoms with van der Waals surface area (Å²) in [6, 6.07) is 7.47. The second-order valence-electron chi connectivity index (χ2n) is 4.54. The van der Waals surface area contributed by atoms with Gasteiger partial charge in [0.2, 0.25) is 0 Å². The van der Waals surface area contributed by atoms with Crippen molar-refractivity contribution < 1.29 is 9.53 Å². The van der Waals surface area contributed by atoms with Gasteiger partial charge in [0.25, 0.3) is 0 Å². The van der Waals surface area contributed by atoms with Crippen molar-refractivity contribution in [2.24, 2.45) is 0 Å². The number of para-hydroxylation sites is 1. The molecule has 0 radical (unpaired) electrons. The molecule has 0 aliphatic rings. The Kier molecular flexibility index (Phi) is 5.16. The highest BCUT2D eigenvalue weighted by Crippen LogP contribution is 2.21. The smallest absolute Gasteiger partial charge is 0.323 e. The van der Waals surface area contributed by atoms with Crippen LogP contribution in [0.15, 0.2) is 24.3 Å². The summed E-state index contributed by atoms with van der Waals surface area (Å²) in [7, 11) is 0. The van der Waals surface area contributed by atoms with Crippen molar-refractivity contribution >= 4 is 22.5 Å². The monoisotopic (exact) mass is 305 g/mol. The molecular formula is C15H19N3O2S. The molecule has 1 aromatic carbocycles. The molecule has 2 N–H and O–H groups in total. The van der Waals surface area contributed by atoms with Crippen LogP contribution < -0.4 is 15.4 Å². The highest BCUT2D eigenvalue weighted by atomic mass is 32.1. The lowest BCUT2D eigenvalue weighted by Gasteiger charge is -2.11. The number of hydrogen-bond donors (Lipinski definition) is 2. The van der Waals surface area contributed by atoms with E-state index in [0.29, 0.717) is 5.13 Å². The Balaban J connectivity index is 1.81. The number of anilines is 1. The number of hydrogen-bond acceptors (Lipinski definition) is 4. The van der Waals surface area contributed by atoms with E-state index in [-0.39, 0.29) is 12.8 Å². The van der Waals surface area contributed by atoms with Gasteiger partial charge in [0.15, 0.2) is 11.9 Å². The molecule has 112 valence electrons. The molecule has 21 heavy (non-hydrogen) atoms.